The van der Waals surface area contributed by atoms with Crippen molar-refractivity contribution in [3.63, 3.8) is 0 Å². The molecule has 300 valence electrons. The second-order valence-corrected chi connectivity index (χ2v) is 21.9. The molecule has 4 rings (SSSR count). The Morgan fingerprint density at radius 2 is 1.51 bits per heavy atom. The number of unbranched alkanes of at least 4 members (excludes halogenated alkanes) is 2. The van der Waals surface area contributed by atoms with Gasteiger partial charge in [-0.15, -0.1) is 0 Å². The molecule has 0 aliphatic carbocycles. The first-order chi connectivity index (χ1) is 25.6. The first-order valence-corrected chi connectivity index (χ1v) is 25.6. The Hall–Kier alpha value is -1.52. The molecule has 1 aliphatic heterocycles. The smallest absolute Gasteiger partial charge is 0.303 e. The molecule has 0 amide bonds. The van der Waals surface area contributed by atoms with Crippen LogP contribution in [0.25, 0.3) is 16.3 Å². The Morgan fingerprint density at radius 3 is 2.16 bits per heavy atom. The summed E-state index contributed by atoms with van der Waals surface area (Å²) in [5.74, 6) is -1.69. The topological polar surface area (TPSA) is 208 Å². The van der Waals surface area contributed by atoms with Crippen molar-refractivity contribution in [3.8, 4) is 0 Å². The Balaban J connectivity index is 1.66. The molecule has 2 heterocycles. The molecule has 0 fully saturated rings. The van der Waals surface area contributed by atoms with Gasteiger partial charge in [-0.25, -0.2) is 0 Å². The van der Waals surface area contributed by atoms with Crippen LogP contribution in [0.2, 0.25) is 0 Å². The average Bonchev–Trinajstić information content (AvgIpc) is 3.53. The number of carboxylic acid groups (broad SMARTS) is 1. The molecule has 1 aromatic heterocycles. The number of aryl methyl sites for hydroxylation is 1. The zero-order valence-corrected chi connectivity index (χ0v) is 39.2. The van der Waals surface area contributed by atoms with Crippen molar-refractivity contribution < 1.29 is 53.4 Å². The van der Waals surface area contributed by atoms with Crippen LogP contribution in [0.15, 0.2) is 71.3 Å². The fourth-order valence-corrected chi connectivity index (χ4v) is 11.7. The maximum Gasteiger partial charge on any atom is 0.303 e. The predicted octanol–water partition coefficient (Wildman–Crippen LogP) is 7.63. The van der Waals surface area contributed by atoms with Crippen LogP contribution >= 0.6 is 79.1 Å². The van der Waals surface area contributed by atoms with Crippen LogP contribution in [0, 0.1) is 10.7 Å². The lowest BCUT2D eigenvalue weighted by molar-refractivity contribution is -0.668. The maximum atomic E-state index is 12.1. The molecule has 1 atom stereocenters. The zero-order valence-electron chi connectivity index (χ0n) is 29.4. The summed E-state index contributed by atoms with van der Waals surface area (Å²) >= 11 is 8.48. The lowest BCUT2D eigenvalue weighted by atomic mass is 9.77. The summed E-state index contributed by atoms with van der Waals surface area (Å²) in [5.41, 5.74) is 2.23. The van der Waals surface area contributed by atoms with E-state index in [0.29, 0.717) is 50.0 Å². The number of carbonyl (C=O) groups is 1. The van der Waals surface area contributed by atoms with Gasteiger partial charge in [0.1, 0.15) is 4.70 Å². The number of rotatable bonds is 19. The van der Waals surface area contributed by atoms with Crippen molar-refractivity contribution in [2.24, 2.45) is 0 Å². The standard InChI is InChI=1S/C35H39I3N2O11S4/c1-35(17-8-7-14-31(41)42)25-22-24(55(49,50)51)15-16-27(25)39(18-9-10-20-53(43,44)45)29(35)12-5-3-2-4-6-13-30-40(19-11-21-54(46,47)48)28-23-26(36)32(37)33(38)34(28)52-30/h2-6,12-13,15-16,22-23H,7-11,14,17-21H2,1H3,(H3-,41,42,43,44,45,46,47,48,49,50,51)/p+1. The number of aromatic nitrogens is 1. The number of benzene rings is 2. The summed E-state index contributed by atoms with van der Waals surface area (Å²) in [6.45, 7) is 2.66. The Kier molecular flexibility index (Phi) is 16.4. The van der Waals surface area contributed by atoms with Crippen LogP contribution in [0.5, 0.6) is 0 Å². The monoisotopic (exact) mass is 1170 g/mol. The predicted molar refractivity (Wildman–Crippen MR) is 239 cm³/mol. The normalized spacial score (nSPS) is 17.5. The van der Waals surface area contributed by atoms with Gasteiger partial charge in [-0.1, -0.05) is 48.1 Å². The lowest BCUT2D eigenvalue weighted by Gasteiger charge is -2.30. The quantitative estimate of drug-likeness (QED) is 0.0228. The van der Waals surface area contributed by atoms with E-state index in [-0.39, 0.29) is 29.9 Å². The molecule has 20 heteroatoms. The van der Waals surface area contributed by atoms with E-state index in [1.807, 2.05) is 58.9 Å². The second kappa shape index (κ2) is 19.5. The summed E-state index contributed by atoms with van der Waals surface area (Å²) in [6, 6.07) is 6.39. The molecule has 55 heavy (non-hydrogen) atoms. The fourth-order valence-electron chi connectivity index (χ4n) is 6.38. The molecule has 4 N–H and O–H groups in total. The van der Waals surface area contributed by atoms with Crippen LogP contribution in [0.1, 0.15) is 62.4 Å². The summed E-state index contributed by atoms with van der Waals surface area (Å²) in [6.07, 6.45) is 15.1. The van der Waals surface area contributed by atoms with Crippen LogP contribution in [0.3, 0.4) is 0 Å². The van der Waals surface area contributed by atoms with E-state index in [4.69, 9.17) is 0 Å². The zero-order chi connectivity index (χ0) is 40.8. The van der Waals surface area contributed by atoms with Crippen molar-refractivity contribution >= 4 is 137 Å². The fraction of sp³-hybridized carbons (Fsp3) is 0.371. The van der Waals surface area contributed by atoms with Gasteiger partial charge in [0.15, 0.2) is 6.54 Å². The summed E-state index contributed by atoms with van der Waals surface area (Å²) in [5, 5.41) is 10.1. The minimum atomic E-state index is -4.54. The largest absolute Gasteiger partial charge is 0.481 e. The van der Waals surface area contributed by atoms with Gasteiger partial charge in [-0.3, -0.25) is 18.5 Å². The first-order valence-electron chi connectivity index (χ1n) is 16.9. The van der Waals surface area contributed by atoms with Crippen molar-refractivity contribution in [2.45, 2.75) is 68.7 Å². The molecule has 0 bridgehead atoms. The SMILES string of the molecule is CC1(CCCCC(=O)O)/C(=C/C=C/C=C/C=C/c2sc3c(I)c(I)c(I)cc3[n+]2CCCS(=O)(=O)O)N(CCCCS(=O)(=O)O)c2ccc(S(=O)(=O)O)cc21. The summed E-state index contributed by atoms with van der Waals surface area (Å²) < 4.78 is 105. The third-order valence-corrected chi connectivity index (χ3v) is 18.1. The van der Waals surface area contributed by atoms with Crippen LogP contribution < -0.4 is 9.47 Å². The van der Waals surface area contributed by atoms with E-state index < -0.39 is 47.5 Å². The molecule has 0 spiro atoms. The lowest BCUT2D eigenvalue weighted by Crippen LogP contribution is -2.36. The number of allylic oxidation sites excluding steroid dienone is 7. The molecule has 0 saturated heterocycles. The average molecular weight is 1170 g/mol. The van der Waals surface area contributed by atoms with E-state index in [2.05, 4.69) is 73.8 Å². The minimum Gasteiger partial charge on any atom is -0.481 e. The van der Waals surface area contributed by atoms with E-state index in [1.54, 1.807) is 17.4 Å². The van der Waals surface area contributed by atoms with Gasteiger partial charge in [0.25, 0.3) is 35.4 Å². The third kappa shape index (κ3) is 12.7. The molecular weight excluding hydrogens is 1130 g/mol. The number of aliphatic carboxylic acids is 1. The first kappa shape index (κ1) is 46.2. The summed E-state index contributed by atoms with van der Waals surface area (Å²) in [7, 11) is -12.8. The van der Waals surface area contributed by atoms with Gasteiger partial charge in [0.05, 0.1) is 20.0 Å². The molecule has 2 aromatic carbocycles. The number of halogens is 3. The van der Waals surface area contributed by atoms with Gasteiger partial charge >= 0.3 is 5.97 Å². The molecule has 13 nitrogen and oxygen atoms in total. The van der Waals surface area contributed by atoms with Gasteiger partial charge in [-0.2, -0.15) is 29.8 Å². The summed E-state index contributed by atoms with van der Waals surface area (Å²) in [4.78, 5) is 12.9. The number of hydrogen-bond donors (Lipinski definition) is 4. The molecule has 1 aliphatic rings. The number of anilines is 1. The molecular formula is C35H40I3N2O11S4+. The van der Waals surface area contributed by atoms with Gasteiger partial charge in [0, 0.05) is 55.5 Å². The van der Waals surface area contributed by atoms with E-state index in [0.717, 1.165) is 31.6 Å². The number of thiazole rings is 1. The number of nitrogens with zero attached hydrogens (tertiary/aromatic N) is 2. The highest BCUT2D eigenvalue weighted by molar-refractivity contribution is 14.1. The van der Waals surface area contributed by atoms with E-state index in [9.17, 15) is 48.8 Å². The molecule has 1 unspecified atom stereocenters. The van der Waals surface area contributed by atoms with Crippen molar-refractivity contribution in [1.29, 1.82) is 0 Å². The van der Waals surface area contributed by atoms with E-state index >= 15 is 0 Å². The van der Waals surface area contributed by atoms with E-state index in [1.165, 1.54) is 12.1 Å². The minimum absolute atomic E-state index is 0.0332. The van der Waals surface area contributed by atoms with Crippen LogP contribution in [-0.2, 0) is 47.1 Å². The van der Waals surface area contributed by atoms with Crippen LogP contribution in [0.4, 0.5) is 5.69 Å². The van der Waals surface area contributed by atoms with Crippen molar-refractivity contribution in [2.75, 3.05) is 23.0 Å². The highest BCUT2D eigenvalue weighted by atomic mass is 127. The van der Waals surface area contributed by atoms with Gasteiger partial charge in [-0.05, 0) is 130 Å². The Labute approximate surface area is 366 Å². The number of hydrogen-bond acceptors (Lipinski definition) is 9. The van der Waals surface area contributed by atoms with Gasteiger partial charge < -0.3 is 10.0 Å². The molecule has 3 aromatic rings. The maximum absolute atomic E-state index is 12.1. The number of carboxylic acids is 1. The van der Waals surface area contributed by atoms with Gasteiger partial charge in [0.2, 0.25) is 5.52 Å². The van der Waals surface area contributed by atoms with Crippen molar-refractivity contribution in [1.82, 2.24) is 0 Å². The third-order valence-electron chi connectivity index (χ3n) is 8.94. The van der Waals surface area contributed by atoms with Crippen LogP contribution in [-0.4, -0.2) is 68.0 Å². The second-order valence-electron chi connectivity index (χ2n) is 13.0. The number of fused-ring (bicyclic) bond motifs is 2. The molecule has 0 saturated carbocycles. The Bertz CT molecular complexity index is 2390. The molecule has 0 radical (unpaired) electrons. The van der Waals surface area contributed by atoms with Crippen molar-refractivity contribution in [3.05, 3.63) is 87.7 Å². The highest BCUT2D eigenvalue weighted by Gasteiger charge is 2.43. The Morgan fingerprint density at radius 1 is 0.855 bits per heavy atom. The highest BCUT2D eigenvalue weighted by Crippen LogP contribution is 2.51.